The maximum absolute atomic E-state index is 8.37. The van der Waals surface area contributed by atoms with E-state index < -0.39 is 0 Å². The highest BCUT2D eigenvalue weighted by Gasteiger charge is 2.02. The quantitative estimate of drug-likeness (QED) is 0.704. The molecular weight excluding hydrogens is 186 g/mol. The van der Waals surface area contributed by atoms with Crippen LogP contribution >= 0.6 is 0 Å². The van der Waals surface area contributed by atoms with Crippen LogP contribution in [0.1, 0.15) is 51.4 Å². The molecule has 1 N–H and O–H groups in total. The fourth-order valence-electron chi connectivity index (χ4n) is 1.76. The van der Waals surface area contributed by atoms with Crippen molar-refractivity contribution < 1.29 is 0 Å². The minimum absolute atomic E-state index is 0.695. The molecule has 0 unspecified atom stereocenters. The smallest absolute Gasteiger partial charge is 0.0963 e. The minimum Gasteiger partial charge on any atom is -0.374 e. The Balaban J connectivity index is 1.99. The lowest BCUT2D eigenvalue weighted by Gasteiger charge is -2.07. The number of nitrogens with zero attached hydrogens (tertiary/aromatic N) is 2. The Bertz CT molecular complexity index is 228. The van der Waals surface area contributed by atoms with Crippen LogP contribution in [0, 0.1) is 11.3 Å². The van der Waals surface area contributed by atoms with Crippen LogP contribution in [0.2, 0.25) is 0 Å². The first kappa shape index (κ1) is 12.0. The predicted molar refractivity (Wildman–Crippen MR) is 62.9 cm³/mol. The zero-order valence-corrected chi connectivity index (χ0v) is 9.47. The lowest BCUT2D eigenvalue weighted by atomic mass is 10.2. The molecule has 0 aromatic carbocycles. The molecule has 0 aromatic heterocycles. The Morgan fingerprint density at radius 2 is 2.13 bits per heavy atom. The average Bonchev–Trinajstić information content (AvgIpc) is 2.52. The molecule has 3 nitrogen and oxygen atoms in total. The van der Waals surface area contributed by atoms with E-state index in [1.807, 2.05) is 0 Å². The summed E-state index contributed by atoms with van der Waals surface area (Å²) in [7, 11) is 0. The third-order valence-electron chi connectivity index (χ3n) is 2.67. The van der Waals surface area contributed by atoms with Gasteiger partial charge in [0.1, 0.15) is 0 Å². The zero-order chi connectivity index (χ0) is 10.8. The molecule has 15 heavy (non-hydrogen) atoms. The van der Waals surface area contributed by atoms with Crippen molar-refractivity contribution >= 4 is 5.84 Å². The van der Waals surface area contributed by atoms with Gasteiger partial charge in [0.15, 0.2) is 0 Å². The molecule has 0 bridgehead atoms. The predicted octanol–water partition coefficient (Wildman–Crippen LogP) is 2.63. The van der Waals surface area contributed by atoms with Gasteiger partial charge in [0.05, 0.1) is 11.9 Å². The largest absolute Gasteiger partial charge is 0.374 e. The van der Waals surface area contributed by atoms with Gasteiger partial charge in [-0.2, -0.15) is 5.26 Å². The van der Waals surface area contributed by atoms with Gasteiger partial charge < -0.3 is 5.32 Å². The number of unbranched alkanes of at least 4 members (excludes halogenated alkanes) is 3. The first-order chi connectivity index (χ1) is 7.43. The molecule has 1 aliphatic rings. The van der Waals surface area contributed by atoms with Crippen molar-refractivity contribution in [3.63, 3.8) is 0 Å². The van der Waals surface area contributed by atoms with Crippen molar-refractivity contribution in [2.75, 3.05) is 13.1 Å². The third-order valence-corrected chi connectivity index (χ3v) is 2.67. The van der Waals surface area contributed by atoms with Gasteiger partial charge in [0.25, 0.3) is 0 Å². The monoisotopic (exact) mass is 207 g/mol. The molecule has 3 heteroatoms. The molecule has 0 amide bonds. The summed E-state index contributed by atoms with van der Waals surface area (Å²) in [5.41, 5.74) is 0. The Hall–Kier alpha value is -1.04. The normalized spacial score (nSPS) is 16.3. The van der Waals surface area contributed by atoms with Crippen LogP contribution in [-0.4, -0.2) is 18.9 Å². The van der Waals surface area contributed by atoms with E-state index in [1.165, 1.54) is 25.1 Å². The molecule has 0 aliphatic carbocycles. The summed E-state index contributed by atoms with van der Waals surface area (Å²) in [5.74, 6) is 1.20. The fourth-order valence-corrected chi connectivity index (χ4v) is 1.76. The van der Waals surface area contributed by atoms with Crippen molar-refractivity contribution in [3.8, 4) is 6.07 Å². The lowest BCUT2D eigenvalue weighted by Crippen LogP contribution is -2.24. The molecule has 0 aromatic rings. The molecule has 0 saturated carbocycles. The Morgan fingerprint density at radius 3 is 3.00 bits per heavy atom. The van der Waals surface area contributed by atoms with E-state index in [0.29, 0.717) is 6.42 Å². The van der Waals surface area contributed by atoms with Crippen LogP contribution in [0.3, 0.4) is 0 Å². The van der Waals surface area contributed by atoms with Crippen molar-refractivity contribution in [1.82, 2.24) is 5.32 Å². The number of hydrogen-bond donors (Lipinski definition) is 1. The van der Waals surface area contributed by atoms with Crippen LogP contribution in [0.15, 0.2) is 4.99 Å². The first-order valence-corrected chi connectivity index (χ1v) is 6.07. The molecule has 0 fully saturated rings. The molecule has 0 saturated heterocycles. The van der Waals surface area contributed by atoms with E-state index in [0.717, 1.165) is 38.8 Å². The Kier molecular flexibility index (Phi) is 6.64. The van der Waals surface area contributed by atoms with Crippen LogP contribution in [0.5, 0.6) is 0 Å². The van der Waals surface area contributed by atoms with E-state index in [-0.39, 0.29) is 0 Å². The summed E-state index contributed by atoms with van der Waals surface area (Å²) in [6.45, 7) is 2.01. The van der Waals surface area contributed by atoms with Gasteiger partial charge >= 0.3 is 0 Å². The highest BCUT2D eigenvalue weighted by Crippen LogP contribution is 2.06. The fraction of sp³-hybridized carbons (Fsp3) is 0.833. The average molecular weight is 207 g/mol. The molecule has 84 valence electrons. The second-order valence-corrected chi connectivity index (χ2v) is 4.03. The number of nitriles is 1. The molecule has 0 atom stereocenters. The second-order valence-electron chi connectivity index (χ2n) is 4.03. The first-order valence-electron chi connectivity index (χ1n) is 6.07. The number of amidine groups is 1. The van der Waals surface area contributed by atoms with Gasteiger partial charge in [-0.1, -0.05) is 12.8 Å². The van der Waals surface area contributed by atoms with Crippen molar-refractivity contribution in [1.29, 1.82) is 5.26 Å². The van der Waals surface area contributed by atoms with E-state index in [4.69, 9.17) is 5.26 Å². The molecule has 0 radical (unpaired) electrons. The molecule has 0 spiro atoms. The summed E-state index contributed by atoms with van der Waals surface area (Å²) >= 11 is 0. The lowest BCUT2D eigenvalue weighted by molar-refractivity contribution is 0.668. The van der Waals surface area contributed by atoms with Crippen LogP contribution < -0.4 is 5.32 Å². The highest BCUT2D eigenvalue weighted by molar-refractivity contribution is 5.82. The number of rotatable bonds is 5. The van der Waals surface area contributed by atoms with E-state index >= 15 is 0 Å². The van der Waals surface area contributed by atoms with Gasteiger partial charge in [0, 0.05) is 25.9 Å². The summed E-state index contributed by atoms with van der Waals surface area (Å²) in [4.78, 5) is 4.51. The summed E-state index contributed by atoms with van der Waals surface area (Å²) in [6.07, 6.45) is 8.99. The standard InChI is InChI=1S/C12H21N3/c13-9-5-1-2-6-10-14-12-8-4-3-7-11-15-12/h1-8,10-11H2,(H,14,15). The maximum Gasteiger partial charge on any atom is 0.0963 e. The van der Waals surface area contributed by atoms with Gasteiger partial charge in [-0.25, -0.2) is 0 Å². The number of aliphatic imine (C=N–C) groups is 1. The SMILES string of the molecule is N#CCCCCCNC1=NCCCCC1. The highest BCUT2D eigenvalue weighted by atomic mass is 15.0. The van der Waals surface area contributed by atoms with Gasteiger partial charge in [0.2, 0.25) is 0 Å². The summed E-state index contributed by atoms with van der Waals surface area (Å²) in [5, 5.41) is 11.8. The van der Waals surface area contributed by atoms with E-state index in [9.17, 15) is 0 Å². The number of nitrogens with one attached hydrogen (secondary N) is 1. The molecule has 1 aliphatic heterocycles. The Morgan fingerprint density at radius 1 is 1.20 bits per heavy atom. The van der Waals surface area contributed by atoms with Crippen molar-refractivity contribution in [2.45, 2.75) is 51.4 Å². The van der Waals surface area contributed by atoms with E-state index in [1.54, 1.807) is 0 Å². The molecule has 1 rings (SSSR count). The van der Waals surface area contributed by atoms with Crippen LogP contribution in [0.4, 0.5) is 0 Å². The van der Waals surface area contributed by atoms with E-state index in [2.05, 4.69) is 16.4 Å². The summed E-state index contributed by atoms with van der Waals surface area (Å²) in [6, 6.07) is 2.17. The molecule has 1 heterocycles. The second kappa shape index (κ2) is 8.28. The molecular formula is C12H21N3. The van der Waals surface area contributed by atoms with Gasteiger partial charge in [-0.05, 0) is 25.7 Å². The number of hydrogen-bond acceptors (Lipinski definition) is 3. The zero-order valence-electron chi connectivity index (χ0n) is 9.47. The van der Waals surface area contributed by atoms with Gasteiger partial charge in [-0.15, -0.1) is 0 Å². The summed E-state index contributed by atoms with van der Waals surface area (Å²) < 4.78 is 0. The van der Waals surface area contributed by atoms with Crippen molar-refractivity contribution in [2.24, 2.45) is 4.99 Å². The topological polar surface area (TPSA) is 48.2 Å². The maximum atomic E-state index is 8.37. The van der Waals surface area contributed by atoms with Gasteiger partial charge in [-0.3, -0.25) is 4.99 Å². The van der Waals surface area contributed by atoms with Crippen molar-refractivity contribution in [3.05, 3.63) is 0 Å². The minimum atomic E-state index is 0.695. The van der Waals surface area contributed by atoms with Crippen LogP contribution in [-0.2, 0) is 0 Å². The van der Waals surface area contributed by atoms with Crippen LogP contribution in [0.25, 0.3) is 0 Å². The Labute approximate surface area is 92.6 Å². The third kappa shape index (κ3) is 6.11.